The van der Waals surface area contributed by atoms with Crippen molar-refractivity contribution in [3.8, 4) is 23.9 Å². The summed E-state index contributed by atoms with van der Waals surface area (Å²) in [5.74, 6) is -11.5. The summed E-state index contributed by atoms with van der Waals surface area (Å²) in [5, 5.41) is 59.9. The average Bonchev–Trinajstić information content (AvgIpc) is 2.68. The van der Waals surface area contributed by atoms with Gasteiger partial charge in [0.25, 0.3) is 25.0 Å². The molecule has 0 saturated heterocycles. The van der Waals surface area contributed by atoms with Gasteiger partial charge in [0.05, 0.1) is 0 Å². The molecule has 1 aromatic rings. The molecule has 0 saturated carbocycles. The molecule has 0 bridgehead atoms. The topological polar surface area (TPSA) is 264 Å². The summed E-state index contributed by atoms with van der Waals surface area (Å²) in [6, 6.07) is 2.56. The number of nitrogens with zero attached hydrogens (tertiary/aromatic N) is 8. The van der Waals surface area contributed by atoms with Crippen LogP contribution in [-0.2, 0) is 0 Å². The van der Waals surface area contributed by atoms with Gasteiger partial charge in [0, 0.05) is 0 Å². The van der Waals surface area contributed by atoms with Gasteiger partial charge in [-0.2, -0.15) is 20.5 Å². The van der Waals surface area contributed by atoms with Crippen molar-refractivity contribution in [3.05, 3.63) is 51.8 Å². The molecule has 1 aromatic heterocycles. The van der Waals surface area contributed by atoms with Crippen molar-refractivity contribution in [3.63, 3.8) is 0 Å². The third kappa shape index (κ3) is 4.33. The molecule has 0 N–H and O–H groups in total. The third-order valence-electron chi connectivity index (χ3n) is 2.95. The highest BCUT2D eigenvalue weighted by Crippen LogP contribution is 2.27. The normalized spacial score (nSPS) is 10.9. The number of halogens is 2. The van der Waals surface area contributed by atoms with Gasteiger partial charge in [-0.15, -0.1) is 0 Å². The SMILES string of the molecule is N#Cc1nc(OCC(F)([N+](=O)[O-])[N+](=O)[O-])c(OCC(F)([N+](=O)[O-])[N+](=O)[O-])nc1C#N. The number of nitro groups is 4. The molecule has 0 radical (unpaired) electrons. The lowest BCUT2D eigenvalue weighted by Crippen LogP contribution is -2.47. The predicted molar refractivity (Wildman–Crippen MR) is 78.1 cm³/mol. The minimum absolute atomic E-state index is 0.874. The van der Waals surface area contributed by atoms with Gasteiger partial charge in [-0.25, -0.2) is 0 Å². The first-order chi connectivity index (χ1) is 13.8. The highest BCUT2D eigenvalue weighted by atomic mass is 19.2. The van der Waals surface area contributed by atoms with Gasteiger partial charge in [0.15, 0.2) is 11.4 Å². The van der Waals surface area contributed by atoms with Crippen molar-refractivity contribution in [1.82, 2.24) is 9.97 Å². The fourth-order valence-corrected chi connectivity index (χ4v) is 1.41. The van der Waals surface area contributed by atoms with Crippen LogP contribution in [0.1, 0.15) is 11.4 Å². The minimum atomic E-state index is -4.44. The lowest BCUT2D eigenvalue weighted by Gasteiger charge is -2.13. The van der Waals surface area contributed by atoms with Crippen LogP contribution in [0, 0.1) is 63.1 Å². The van der Waals surface area contributed by atoms with E-state index in [0.29, 0.717) is 0 Å². The first-order valence-electron chi connectivity index (χ1n) is 6.77. The minimum Gasteiger partial charge on any atom is -0.454 e. The van der Waals surface area contributed by atoms with E-state index in [1.807, 2.05) is 0 Å². The fraction of sp³-hybridized carbons (Fsp3) is 0.400. The Morgan fingerprint density at radius 1 is 0.767 bits per heavy atom. The van der Waals surface area contributed by atoms with Gasteiger partial charge < -0.3 is 9.47 Å². The number of hydrogen-bond acceptors (Lipinski definition) is 14. The molecule has 0 aliphatic rings. The van der Waals surface area contributed by atoms with Gasteiger partial charge in [0.1, 0.15) is 31.8 Å². The van der Waals surface area contributed by atoms with Crippen molar-refractivity contribution >= 4 is 0 Å². The Hall–Kier alpha value is -4.88. The Bertz CT molecular complexity index is 897. The van der Waals surface area contributed by atoms with E-state index in [9.17, 15) is 49.2 Å². The molecule has 30 heavy (non-hydrogen) atoms. The monoisotopic (exact) mass is 434 g/mol. The Labute approximate surface area is 160 Å². The standard InChI is InChI=1S/C10H4F2N8O10/c11-9(17(21)22,18(23)24)3-29-7-8(16-6(2-14)5(1-13)15-7)30-4-10(12,19(25)26)20(27)28/h3-4H2. The van der Waals surface area contributed by atoms with Gasteiger partial charge >= 0.3 is 11.8 Å². The summed E-state index contributed by atoms with van der Waals surface area (Å²) in [7, 11) is 0. The number of alkyl halides is 2. The summed E-state index contributed by atoms with van der Waals surface area (Å²) in [6.07, 6.45) is 0. The van der Waals surface area contributed by atoms with Crippen LogP contribution in [0.25, 0.3) is 0 Å². The Balaban J connectivity index is 3.38. The molecule has 20 heteroatoms. The molecule has 1 rings (SSSR count). The van der Waals surface area contributed by atoms with E-state index < -0.39 is 67.9 Å². The van der Waals surface area contributed by atoms with Crippen molar-refractivity contribution in [2.75, 3.05) is 13.2 Å². The zero-order chi connectivity index (χ0) is 23.3. The summed E-state index contributed by atoms with van der Waals surface area (Å²) < 4.78 is 36.3. The first kappa shape index (κ1) is 23.2. The van der Waals surface area contributed by atoms with Crippen molar-refractivity contribution in [2.24, 2.45) is 0 Å². The molecule has 0 spiro atoms. The van der Waals surface area contributed by atoms with E-state index in [1.54, 1.807) is 0 Å². The van der Waals surface area contributed by atoms with Gasteiger partial charge in [0.2, 0.25) is 0 Å². The van der Waals surface area contributed by atoms with Crippen molar-refractivity contribution < 1.29 is 37.9 Å². The highest BCUT2D eigenvalue weighted by molar-refractivity contribution is 5.41. The van der Waals surface area contributed by atoms with Gasteiger partial charge in [-0.1, -0.05) is 8.78 Å². The summed E-state index contributed by atoms with van der Waals surface area (Å²) in [6.45, 7) is -4.03. The first-order valence-corrected chi connectivity index (χ1v) is 6.77. The quantitative estimate of drug-likeness (QED) is 0.191. The Kier molecular flexibility index (Phi) is 6.50. The second kappa shape index (κ2) is 8.42. The third-order valence-corrected chi connectivity index (χ3v) is 2.95. The van der Waals surface area contributed by atoms with E-state index in [1.165, 1.54) is 12.1 Å². The summed E-state index contributed by atoms with van der Waals surface area (Å²) in [4.78, 5) is 40.6. The van der Waals surface area contributed by atoms with E-state index in [0.717, 1.165) is 0 Å². The van der Waals surface area contributed by atoms with Gasteiger partial charge in [-0.3, -0.25) is 40.5 Å². The second-order valence-corrected chi connectivity index (χ2v) is 4.80. The number of aromatic nitrogens is 2. The van der Waals surface area contributed by atoms with Crippen LogP contribution < -0.4 is 9.47 Å². The molecule has 0 aromatic carbocycles. The molecule has 0 aliphatic heterocycles. The summed E-state index contributed by atoms with van der Waals surface area (Å²) >= 11 is 0. The van der Waals surface area contributed by atoms with Crippen LogP contribution >= 0.6 is 0 Å². The second-order valence-electron chi connectivity index (χ2n) is 4.80. The van der Waals surface area contributed by atoms with Crippen LogP contribution in [0.15, 0.2) is 0 Å². The van der Waals surface area contributed by atoms with Crippen LogP contribution in [-0.4, -0.2) is 54.7 Å². The zero-order valence-electron chi connectivity index (χ0n) is 13.8. The molecule has 18 nitrogen and oxygen atoms in total. The Morgan fingerprint density at radius 2 is 1.03 bits per heavy atom. The molecule has 0 amide bonds. The van der Waals surface area contributed by atoms with E-state index in [2.05, 4.69) is 19.4 Å². The van der Waals surface area contributed by atoms with Crippen molar-refractivity contribution in [2.45, 2.75) is 11.8 Å². The number of hydrogen-bond donors (Lipinski definition) is 0. The number of ether oxygens (including phenoxy) is 2. The largest absolute Gasteiger partial charge is 0.648 e. The molecule has 1 heterocycles. The Morgan fingerprint density at radius 3 is 1.23 bits per heavy atom. The molecule has 0 atom stereocenters. The van der Waals surface area contributed by atoms with E-state index in [-0.39, 0.29) is 0 Å². The summed E-state index contributed by atoms with van der Waals surface area (Å²) in [5.41, 5.74) is -1.75. The van der Waals surface area contributed by atoms with E-state index in [4.69, 9.17) is 10.5 Å². The van der Waals surface area contributed by atoms with Gasteiger partial charge in [-0.05, 0) is 0 Å². The lowest BCUT2D eigenvalue weighted by atomic mass is 10.3. The fourth-order valence-electron chi connectivity index (χ4n) is 1.41. The van der Waals surface area contributed by atoms with Crippen LogP contribution in [0.2, 0.25) is 0 Å². The molecule has 158 valence electrons. The van der Waals surface area contributed by atoms with E-state index >= 15 is 0 Å². The number of rotatable bonds is 10. The van der Waals surface area contributed by atoms with Crippen LogP contribution in [0.5, 0.6) is 11.8 Å². The molecule has 0 aliphatic carbocycles. The average molecular weight is 434 g/mol. The van der Waals surface area contributed by atoms with Crippen molar-refractivity contribution in [1.29, 1.82) is 10.5 Å². The molecular weight excluding hydrogens is 430 g/mol. The highest BCUT2D eigenvalue weighted by Gasteiger charge is 2.61. The lowest BCUT2D eigenvalue weighted by molar-refractivity contribution is -0.832. The predicted octanol–water partition coefficient (Wildman–Crippen LogP) is -0.669. The number of nitriles is 2. The molecule has 0 fully saturated rings. The van der Waals surface area contributed by atoms with Crippen LogP contribution in [0.3, 0.4) is 0 Å². The molecule has 0 unspecified atom stereocenters. The van der Waals surface area contributed by atoms with Crippen LogP contribution in [0.4, 0.5) is 8.78 Å². The maximum Gasteiger partial charge on any atom is 0.648 e. The smallest absolute Gasteiger partial charge is 0.454 e. The maximum absolute atomic E-state index is 13.8. The maximum atomic E-state index is 13.8. The zero-order valence-corrected chi connectivity index (χ0v) is 13.8. The molecular formula is C10H4F2N8O10.